The summed E-state index contributed by atoms with van der Waals surface area (Å²) in [5, 5.41) is 2.21. The molecular weight excluding hydrogens is 318 g/mol. The first kappa shape index (κ1) is 12.7. The van der Waals surface area contributed by atoms with Gasteiger partial charge in [-0.15, -0.1) is 0 Å². The van der Waals surface area contributed by atoms with Crippen LogP contribution in [0.15, 0.2) is 53.0 Å². The third kappa shape index (κ3) is 2.28. The second-order valence-electron chi connectivity index (χ2n) is 4.32. The van der Waals surface area contributed by atoms with Gasteiger partial charge in [-0.2, -0.15) is 4.98 Å². The third-order valence-corrected chi connectivity index (χ3v) is 3.79. The lowest BCUT2D eigenvalue weighted by Crippen LogP contribution is -1.99. The predicted molar refractivity (Wildman–Crippen MR) is 84.8 cm³/mol. The molecule has 0 saturated carbocycles. The van der Waals surface area contributed by atoms with Crippen molar-refractivity contribution >= 4 is 38.2 Å². The molecule has 0 unspecified atom stereocenters. The van der Waals surface area contributed by atoms with Gasteiger partial charge < -0.3 is 16.2 Å². The van der Waals surface area contributed by atoms with Crippen molar-refractivity contribution in [3.63, 3.8) is 0 Å². The van der Waals surface area contributed by atoms with E-state index in [-0.39, 0.29) is 5.82 Å². The van der Waals surface area contributed by atoms with Crippen LogP contribution < -0.4 is 16.2 Å². The molecule has 1 aromatic heterocycles. The number of anilines is 2. The molecule has 4 N–H and O–H groups in total. The van der Waals surface area contributed by atoms with Gasteiger partial charge in [-0.1, -0.05) is 30.3 Å². The number of nitrogens with two attached hydrogens (primary N) is 2. The monoisotopic (exact) mass is 329 g/mol. The average molecular weight is 330 g/mol. The normalized spacial score (nSPS) is 10.7. The molecule has 0 bridgehead atoms. The highest BCUT2D eigenvalue weighted by Crippen LogP contribution is 2.35. The van der Waals surface area contributed by atoms with Gasteiger partial charge in [-0.3, -0.25) is 0 Å². The van der Waals surface area contributed by atoms with Crippen LogP contribution >= 0.6 is 15.9 Å². The van der Waals surface area contributed by atoms with E-state index in [1.54, 1.807) is 12.1 Å². The van der Waals surface area contributed by atoms with Gasteiger partial charge >= 0.3 is 0 Å². The van der Waals surface area contributed by atoms with Gasteiger partial charge in [0.1, 0.15) is 5.75 Å². The van der Waals surface area contributed by atoms with E-state index in [9.17, 15) is 0 Å². The number of hydrogen-bond donors (Lipinski definition) is 2. The summed E-state index contributed by atoms with van der Waals surface area (Å²) in [7, 11) is 0. The van der Waals surface area contributed by atoms with Crippen molar-refractivity contribution in [1.29, 1.82) is 0 Å². The third-order valence-electron chi connectivity index (χ3n) is 2.97. The van der Waals surface area contributed by atoms with E-state index < -0.39 is 0 Å². The van der Waals surface area contributed by atoms with Gasteiger partial charge in [-0.05, 0) is 38.8 Å². The molecule has 2 aromatic carbocycles. The van der Waals surface area contributed by atoms with Crippen molar-refractivity contribution < 1.29 is 4.74 Å². The summed E-state index contributed by atoms with van der Waals surface area (Å²) in [5.41, 5.74) is 11.7. The van der Waals surface area contributed by atoms with Gasteiger partial charge in [0.25, 0.3) is 0 Å². The van der Waals surface area contributed by atoms with Crippen LogP contribution in [0.1, 0.15) is 0 Å². The van der Waals surface area contributed by atoms with Crippen LogP contribution in [0.2, 0.25) is 0 Å². The molecule has 20 heavy (non-hydrogen) atoms. The Morgan fingerprint density at radius 1 is 0.950 bits per heavy atom. The Hall–Kier alpha value is -2.27. The molecule has 3 rings (SSSR count). The molecular formula is C15H12BrN3O. The fourth-order valence-corrected chi connectivity index (χ4v) is 2.50. The molecule has 4 nitrogen and oxygen atoms in total. The Bertz CT molecular complexity index is 789. The van der Waals surface area contributed by atoms with Crippen LogP contribution in [-0.2, 0) is 0 Å². The molecule has 0 aliphatic carbocycles. The van der Waals surface area contributed by atoms with Gasteiger partial charge in [0.2, 0.25) is 5.88 Å². The van der Waals surface area contributed by atoms with Gasteiger partial charge in [0.05, 0.1) is 10.2 Å². The van der Waals surface area contributed by atoms with Gasteiger partial charge in [0.15, 0.2) is 5.82 Å². The second-order valence-corrected chi connectivity index (χ2v) is 5.12. The number of ether oxygens (including phenoxy) is 1. The first-order valence-electron chi connectivity index (χ1n) is 6.02. The summed E-state index contributed by atoms with van der Waals surface area (Å²) in [6.45, 7) is 0. The number of rotatable bonds is 2. The molecule has 0 atom stereocenters. The number of hydrogen-bond acceptors (Lipinski definition) is 4. The van der Waals surface area contributed by atoms with Crippen molar-refractivity contribution in [1.82, 2.24) is 4.98 Å². The summed E-state index contributed by atoms with van der Waals surface area (Å²) in [4.78, 5) is 4.10. The Kier molecular flexibility index (Phi) is 3.20. The molecule has 0 saturated heterocycles. The summed E-state index contributed by atoms with van der Waals surface area (Å²) < 4.78 is 6.64. The van der Waals surface area contributed by atoms with Crippen molar-refractivity contribution in [2.24, 2.45) is 0 Å². The highest BCUT2D eigenvalue weighted by atomic mass is 79.9. The number of halogens is 1. The largest absolute Gasteiger partial charge is 0.438 e. The molecule has 0 aliphatic rings. The van der Waals surface area contributed by atoms with Crippen LogP contribution in [-0.4, -0.2) is 4.98 Å². The lowest BCUT2D eigenvalue weighted by molar-refractivity contribution is 0.462. The Balaban J connectivity index is 2.02. The Morgan fingerprint density at radius 2 is 1.75 bits per heavy atom. The molecule has 0 spiro atoms. The van der Waals surface area contributed by atoms with Crippen LogP contribution in [0.25, 0.3) is 10.8 Å². The van der Waals surface area contributed by atoms with Crippen LogP contribution in [0.3, 0.4) is 0 Å². The van der Waals surface area contributed by atoms with Crippen LogP contribution in [0.5, 0.6) is 11.6 Å². The Morgan fingerprint density at radius 3 is 2.55 bits per heavy atom. The maximum atomic E-state index is 5.76. The van der Waals surface area contributed by atoms with E-state index in [2.05, 4.69) is 20.9 Å². The van der Waals surface area contributed by atoms with Crippen molar-refractivity contribution in [3.05, 3.63) is 53.0 Å². The number of nitrogens with zero attached hydrogens (tertiary/aromatic N) is 1. The minimum Gasteiger partial charge on any atom is -0.438 e. The number of benzene rings is 2. The number of aromatic nitrogens is 1. The fraction of sp³-hybridized carbons (Fsp3) is 0. The fourth-order valence-electron chi connectivity index (χ4n) is 1.93. The van der Waals surface area contributed by atoms with Crippen molar-refractivity contribution in [2.75, 3.05) is 11.5 Å². The summed E-state index contributed by atoms with van der Waals surface area (Å²) in [6.07, 6.45) is 0. The molecule has 100 valence electrons. The zero-order valence-corrected chi connectivity index (χ0v) is 12.1. The predicted octanol–water partition coefficient (Wildman–Crippen LogP) is 3.95. The molecule has 0 aliphatic heterocycles. The summed E-state index contributed by atoms with van der Waals surface area (Å²) in [6, 6.07) is 15.3. The van der Waals surface area contributed by atoms with E-state index in [4.69, 9.17) is 16.2 Å². The average Bonchev–Trinajstić information content (AvgIpc) is 2.46. The van der Waals surface area contributed by atoms with E-state index in [0.717, 1.165) is 15.2 Å². The van der Waals surface area contributed by atoms with Gasteiger partial charge in [-0.25, -0.2) is 0 Å². The minimum atomic E-state index is 0.263. The SMILES string of the molecule is Nc1ccc(Oc2ccc3ccccc3c2Br)nc1N. The number of pyridine rings is 1. The van der Waals surface area contributed by atoms with Crippen LogP contribution in [0, 0.1) is 0 Å². The van der Waals surface area contributed by atoms with E-state index in [1.807, 2.05) is 36.4 Å². The lowest BCUT2D eigenvalue weighted by Gasteiger charge is -2.10. The number of fused-ring (bicyclic) bond motifs is 1. The maximum Gasteiger partial charge on any atom is 0.221 e. The zero-order chi connectivity index (χ0) is 14.1. The highest BCUT2D eigenvalue weighted by molar-refractivity contribution is 9.10. The summed E-state index contributed by atoms with van der Waals surface area (Å²) in [5.74, 6) is 1.35. The molecule has 0 radical (unpaired) electrons. The number of nitrogen functional groups attached to an aromatic ring is 2. The first-order chi connectivity index (χ1) is 9.65. The zero-order valence-electron chi connectivity index (χ0n) is 10.5. The van der Waals surface area contributed by atoms with E-state index in [0.29, 0.717) is 17.3 Å². The lowest BCUT2D eigenvalue weighted by atomic mass is 10.1. The molecule has 0 amide bonds. The smallest absolute Gasteiger partial charge is 0.221 e. The topological polar surface area (TPSA) is 74.2 Å². The van der Waals surface area contributed by atoms with Gasteiger partial charge in [0, 0.05) is 6.07 Å². The van der Waals surface area contributed by atoms with Crippen LogP contribution in [0.4, 0.5) is 11.5 Å². The molecule has 0 fully saturated rings. The quantitative estimate of drug-likeness (QED) is 0.746. The van der Waals surface area contributed by atoms with E-state index >= 15 is 0 Å². The maximum absolute atomic E-state index is 5.76. The molecule has 5 heteroatoms. The first-order valence-corrected chi connectivity index (χ1v) is 6.81. The van der Waals surface area contributed by atoms with Crippen molar-refractivity contribution in [3.8, 4) is 11.6 Å². The van der Waals surface area contributed by atoms with E-state index in [1.165, 1.54) is 0 Å². The standard InChI is InChI=1S/C15H12BrN3O/c16-14-10-4-2-1-3-9(10)5-7-12(14)20-13-8-6-11(17)15(18)19-13/h1-8H,17H2,(H2,18,19). The second kappa shape index (κ2) is 5.02. The van der Waals surface area contributed by atoms with Crippen molar-refractivity contribution in [2.45, 2.75) is 0 Å². The highest BCUT2D eigenvalue weighted by Gasteiger charge is 2.08. The minimum absolute atomic E-state index is 0.263. The Labute approximate surface area is 124 Å². The molecule has 3 aromatic rings. The molecule has 1 heterocycles. The summed E-state index contributed by atoms with van der Waals surface area (Å²) >= 11 is 3.56.